The van der Waals surface area contributed by atoms with Gasteiger partial charge in [-0.2, -0.15) is 5.10 Å². The molecule has 0 N–H and O–H groups in total. The highest BCUT2D eigenvalue weighted by atomic mass is 15.3. The van der Waals surface area contributed by atoms with Crippen LogP contribution in [0.5, 0.6) is 0 Å². The lowest BCUT2D eigenvalue weighted by Gasteiger charge is -2.17. The Bertz CT molecular complexity index is 270. The fraction of sp³-hybridized carbons (Fsp3) is 0.750. The highest BCUT2D eigenvalue weighted by Gasteiger charge is 2.12. The second-order valence-corrected chi connectivity index (χ2v) is 4.09. The van der Waals surface area contributed by atoms with E-state index in [-0.39, 0.29) is 0 Å². The minimum Gasteiger partial charge on any atom is -0.267 e. The van der Waals surface area contributed by atoms with Crippen LogP contribution in [-0.4, -0.2) is 9.78 Å². The largest absolute Gasteiger partial charge is 0.267 e. The molecule has 0 aliphatic carbocycles. The Morgan fingerprint density at radius 3 is 2.14 bits per heavy atom. The maximum Gasteiger partial charge on any atom is 0.0522 e. The van der Waals surface area contributed by atoms with Gasteiger partial charge in [-0.1, -0.05) is 26.7 Å². The molecule has 0 bridgehead atoms. The van der Waals surface area contributed by atoms with Crippen molar-refractivity contribution < 1.29 is 0 Å². The fourth-order valence-electron chi connectivity index (χ4n) is 1.93. The molecule has 0 spiro atoms. The standard InChI is InChI=1S/C12H22N2/c1-5-7-12(8-6-2)14-11(4)10(3)9-13-14/h9,12H,5-8H2,1-4H3. The lowest BCUT2D eigenvalue weighted by molar-refractivity contribution is 0.384. The number of nitrogens with zero attached hydrogens (tertiary/aromatic N) is 2. The molecular formula is C12H22N2. The second kappa shape index (κ2) is 5.18. The van der Waals surface area contributed by atoms with Crippen LogP contribution < -0.4 is 0 Å². The van der Waals surface area contributed by atoms with Crippen LogP contribution in [0.1, 0.15) is 56.8 Å². The summed E-state index contributed by atoms with van der Waals surface area (Å²) in [6.07, 6.45) is 6.95. The first-order chi connectivity index (χ1) is 6.70. The Morgan fingerprint density at radius 2 is 1.79 bits per heavy atom. The average Bonchev–Trinajstić information content (AvgIpc) is 2.48. The molecule has 0 saturated heterocycles. The first kappa shape index (κ1) is 11.3. The van der Waals surface area contributed by atoms with Crippen molar-refractivity contribution >= 4 is 0 Å². The number of aromatic nitrogens is 2. The molecule has 14 heavy (non-hydrogen) atoms. The number of hydrogen-bond donors (Lipinski definition) is 0. The van der Waals surface area contributed by atoms with E-state index in [1.165, 1.54) is 36.9 Å². The van der Waals surface area contributed by atoms with Crippen molar-refractivity contribution in [2.24, 2.45) is 0 Å². The minimum atomic E-state index is 0.610. The molecule has 2 heteroatoms. The molecule has 1 heterocycles. The van der Waals surface area contributed by atoms with Crippen molar-refractivity contribution in [3.8, 4) is 0 Å². The predicted octanol–water partition coefficient (Wildman–Crippen LogP) is 3.64. The normalized spacial score (nSPS) is 11.2. The molecule has 0 aliphatic heterocycles. The van der Waals surface area contributed by atoms with Gasteiger partial charge >= 0.3 is 0 Å². The Labute approximate surface area is 87.3 Å². The van der Waals surface area contributed by atoms with Gasteiger partial charge in [-0.05, 0) is 32.3 Å². The molecule has 1 rings (SSSR count). The molecule has 1 aromatic heterocycles. The highest BCUT2D eigenvalue weighted by Crippen LogP contribution is 2.21. The molecule has 0 amide bonds. The predicted molar refractivity (Wildman–Crippen MR) is 60.6 cm³/mol. The van der Waals surface area contributed by atoms with E-state index in [0.717, 1.165) is 0 Å². The molecule has 2 nitrogen and oxygen atoms in total. The lowest BCUT2D eigenvalue weighted by Crippen LogP contribution is -2.12. The van der Waals surface area contributed by atoms with E-state index in [1.54, 1.807) is 0 Å². The summed E-state index contributed by atoms with van der Waals surface area (Å²) in [6, 6.07) is 0.610. The number of aryl methyl sites for hydroxylation is 1. The summed E-state index contributed by atoms with van der Waals surface area (Å²) < 4.78 is 2.21. The second-order valence-electron chi connectivity index (χ2n) is 4.09. The van der Waals surface area contributed by atoms with Crippen molar-refractivity contribution in [1.29, 1.82) is 0 Å². The summed E-state index contributed by atoms with van der Waals surface area (Å²) in [5, 5.41) is 4.47. The number of hydrogen-bond acceptors (Lipinski definition) is 1. The van der Waals surface area contributed by atoms with Gasteiger partial charge in [0.05, 0.1) is 12.2 Å². The summed E-state index contributed by atoms with van der Waals surface area (Å²) in [7, 11) is 0. The molecule has 0 saturated carbocycles. The lowest BCUT2D eigenvalue weighted by atomic mass is 10.1. The van der Waals surface area contributed by atoms with Gasteiger partial charge in [0.1, 0.15) is 0 Å². The third-order valence-corrected chi connectivity index (χ3v) is 2.88. The van der Waals surface area contributed by atoms with Crippen LogP contribution in [0.3, 0.4) is 0 Å². The molecular weight excluding hydrogens is 172 g/mol. The molecule has 0 aliphatic rings. The van der Waals surface area contributed by atoms with Crippen LogP contribution in [-0.2, 0) is 0 Å². The van der Waals surface area contributed by atoms with Gasteiger partial charge in [0.15, 0.2) is 0 Å². The van der Waals surface area contributed by atoms with Crippen LogP contribution in [0.15, 0.2) is 6.20 Å². The van der Waals surface area contributed by atoms with Crippen molar-refractivity contribution in [2.75, 3.05) is 0 Å². The van der Waals surface area contributed by atoms with E-state index in [4.69, 9.17) is 0 Å². The van der Waals surface area contributed by atoms with Gasteiger partial charge < -0.3 is 0 Å². The van der Waals surface area contributed by atoms with Crippen LogP contribution in [0.2, 0.25) is 0 Å². The van der Waals surface area contributed by atoms with Crippen molar-refractivity contribution in [3.05, 3.63) is 17.5 Å². The summed E-state index contributed by atoms with van der Waals surface area (Å²) in [5.74, 6) is 0. The van der Waals surface area contributed by atoms with Gasteiger partial charge in [0, 0.05) is 5.69 Å². The van der Waals surface area contributed by atoms with E-state index in [9.17, 15) is 0 Å². The van der Waals surface area contributed by atoms with Gasteiger partial charge in [-0.3, -0.25) is 4.68 Å². The van der Waals surface area contributed by atoms with Crippen LogP contribution in [0.4, 0.5) is 0 Å². The van der Waals surface area contributed by atoms with Crippen LogP contribution in [0, 0.1) is 13.8 Å². The molecule has 80 valence electrons. The van der Waals surface area contributed by atoms with E-state index in [0.29, 0.717) is 6.04 Å². The van der Waals surface area contributed by atoms with Crippen LogP contribution in [0.25, 0.3) is 0 Å². The smallest absolute Gasteiger partial charge is 0.0522 e. The molecule has 0 radical (unpaired) electrons. The summed E-state index contributed by atoms with van der Waals surface area (Å²) in [6.45, 7) is 8.79. The minimum absolute atomic E-state index is 0.610. The van der Waals surface area contributed by atoms with Gasteiger partial charge in [0.25, 0.3) is 0 Å². The van der Waals surface area contributed by atoms with Gasteiger partial charge in [-0.15, -0.1) is 0 Å². The maximum atomic E-state index is 4.47. The zero-order valence-corrected chi connectivity index (χ0v) is 9.88. The third kappa shape index (κ3) is 2.37. The van der Waals surface area contributed by atoms with E-state index >= 15 is 0 Å². The number of rotatable bonds is 5. The highest BCUT2D eigenvalue weighted by molar-refractivity contribution is 5.13. The molecule has 0 aromatic carbocycles. The molecule has 0 unspecified atom stereocenters. The quantitative estimate of drug-likeness (QED) is 0.699. The van der Waals surface area contributed by atoms with Crippen molar-refractivity contribution in [3.63, 3.8) is 0 Å². The van der Waals surface area contributed by atoms with Crippen molar-refractivity contribution in [1.82, 2.24) is 9.78 Å². The van der Waals surface area contributed by atoms with E-state index < -0.39 is 0 Å². The first-order valence-electron chi connectivity index (χ1n) is 5.71. The third-order valence-electron chi connectivity index (χ3n) is 2.88. The maximum absolute atomic E-state index is 4.47. The summed E-state index contributed by atoms with van der Waals surface area (Å²) in [4.78, 5) is 0. The molecule has 1 aromatic rings. The van der Waals surface area contributed by atoms with E-state index in [1.807, 2.05) is 6.20 Å². The van der Waals surface area contributed by atoms with Gasteiger partial charge in [0.2, 0.25) is 0 Å². The zero-order chi connectivity index (χ0) is 10.6. The monoisotopic (exact) mass is 194 g/mol. The SMILES string of the molecule is CCCC(CCC)n1ncc(C)c1C. The molecule has 0 atom stereocenters. The Morgan fingerprint density at radius 1 is 1.21 bits per heavy atom. The summed E-state index contributed by atoms with van der Waals surface area (Å²) in [5.41, 5.74) is 2.64. The zero-order valence-electron chi connectivity index (χ0n) is 9.88. The Balaban J connectivity index is 2.81. The molecule has 0 fully saturated rings. The van der Waals surface area contributed by atoms with Crippen molar-refractivity contribution in [2.45, 2.75) is 59.4 Å². The van der Waals surface area contributed by atoms with Crippen LogP contribution >= 0.6 is 0 Å². The summed E-state index contributed by atoms with van der Waals surface area (Å²) >= 11 is 0. The Kier molecular flexibility index (Phi) is 4.18. The van der Waals surface area contributed by atoms with Gasteiger partial charge in [-0.25, -0.2) is 0 Å². The first-order valence-corrected chi connectivity index (χ1v) is 5.71. The average molecular weight is 194 g/mol. The fourth-order valence-corrected chi connectivity index (χ4v) is 1.93. The van der Waals surface area contributed by atoms with E-state index in [2.05, 4.69) is 37.5 Å². The Hall–Kier alpha value is -0.790. The topological polar surface area (TPSA) is 17.8 Å².